The van der Waals surface area contributed by atoms with Crippen molar-refractivity contribution >= 4 is 32.5 Å². The number of sulfonamides is 1. The van der Waals surface area contributed by atoms with Crippen molar-refractivity contribution in [3.63, 3.8) is 0 Å². The molecule has 1 unspecified atom stereocenters. The minimum absolute atomic E-state index is 0.0649. The number of carbonyl (C=O) groups excluding carboxylic acids is 1. The second-order valence-corrected chi connectivity index (χ2v) is 7.82. The number of aromatic nitrogens is 3. The lowest BCUT2D eigenvalue weighted by Gasteiger charge is -2.17. The summed E-state index contributed by atoms with van der Waals surface area (Å²) in [5.74, 6) is -0.651. The summed E-state index contributed by atoms with van der Waals surface area (Å²) in [6, 6.07) is 3.70. The Morgan fingerprint density at radius 2 is 1.83 bits per heavy atom. The average molecular weight is 427 g/mol. The average Bonchev–Trinajstić information content (AvgIpc) is 2.94. The number of halogens is 3. The van der Waals surface area contributed by atoms with Gasteiger partial charge in [-0.1, -0.05) is 0 Å². The Morgan fingerprint density at radius 1 is 1.17 bits per heavy atom. The molecule has 0 saturated carbocycles. The van der Waals surface area contributed by atoms with E-state index in [2.05, 4.69) is 15.3 Å². The molecule has 0 aliphatic carbocycles. The maximum Gasteiger partial charge on any atom is 0.404 e. The van der Waals surface area contributed by atoms with Crippen LogP contribution in [0.2, 0.25) is 0 Å². The quantitative estimate of drug-likeness (QED) is 0.651. The standard InChI is InChI=1S/C17H16F3N5O3S/c1-10(17(18,19)20)24-29(27,28)16-13-12(4-3-7-22-13)14(25(16)2)15(26)23-11-5-8-21-9-6-11/h3-10,24H,1-2H3,(H,21,23,26). The first-order valence-electron chi connectivity index (χ1n) is 8.26. The predicted octanol–water partition coefficient (Wildman–Crippen LogP) is 2.45. The van der Waals surface area contributed by atoms with E-state index in [4.69, 9.17) is 0 Å². The van der Waals surface area contributed by atoms with Crippen LogP contribution in [0.1, 0.15) is 17.4 Å². The SMILES string of the molecule is CC(NS(=O)(=O)c1c2ncccc2c(C(=O)Nc2ccncc2)n1C)C(F)(F)F. The molecule has 1 atom stereocenters. The van der Waals surface area contributed by atoms with Crippen LogP contribution in [0, 0.1) is 0 Å². The van der Waals surface area contributed by atoms with Crippen molar-refractivity contribution in [3.8, 4) is 0 Å². The van der Waals surface area contributed by atoms with E-state index >= 15 is 0 Å². The minimum Gasteiger partial charge on any atom is -0.327 e. The Morgan fingerprint density at radius 3 is 2.45 bits per heavy atom. The van der Waals surface area contributed by atoms with Gasteiger partial charge in [-0.2, -0.15) is 17.9 Å². The maximum absolute atomic E-state index is 12.9. The number of hydrogen-bond donors (Lipinski definition) is 2. The molecule has 0 fully saturated rings. The van der Waals surface area contributed by atoms with Gasteiger partial charge in [0.05, 0.1) is 0 Å². The Kier molecular flexibility index (Phi) is 5.32. The summed E-state index contributed by atoms with van der Waals surface area (Å²) >= 11 is 0. The first kappa shape index (κ1) is 20.7. The zero-order valence-electron chi connectivity index (χ0n) is 15.2. The Balaban J connectivity index is 2.11. The molecular formula is C17H16F3N5O3S. The topological polar surface area (TPSA) is 106 Å². The van der Waals surface area contributed by atoms with Crippen LogP contribution in [0.4, 0.5) is 18.9 Å². The zero-order chi connectivity index (χ0) is 21.4. The first-order chi connectivity index (χ1) is 13.5. The van der Waals surface area contributed by atoms with Crippen LogP contribution in [-0.4, -0.2) is 41.1 Å². The van der Waals surface area contributed by atoms with Crippen LogP contribution in [0.25, 0.3) is 10.9 Å². The highest BCUT2D eigenvalue weighted by Gasteiger charge is 2.40. The third-order valence-corrected chi connectivity index (χ3v) is 5.78. The zero-order valence-corrected chi connectivity index (χ0v) is 16.0. The molecule has 29 heavy (non-hydrogen) atoms. The molecule has 1 amide bonds. The third-order valence-electron chi connectivity index (χ3n) is 4.14. The van der Waals surface area contributed by atoms with Crippen LogP contribution in [0.3, 0.4) is 0 Å². The second-order valence-electron chi connectivity index (χ2n) is 6.19. The van der Waals surface area contributed by atoms with Crippen molar-refractivity contribution in [1.29, 1.82) is 0 Å². The van der Waals surface area contributed by atoms with Gasteiger partial charge in [0.2, 0.25) is 0 Å². The molecule has 12 heteroatoms. The van der Waals surface area contributed by atoms with Crippen molar-refractivity contribution in [1.82, 2.24) is 19.3 Å². The lowest BCUT2D eigenvalue weighted by atomic mass is 10.2. The van der Waals surface area contributed by atoms with Gasteiger partial charge >= 0.3 is 6.18 Å². The van der Waals surface area contributed by atoms with E-state index in [1.807, 2.05) is 0 Å². The minimum atomic E-state index is -4.77. The van der Waals surface area contributed by atoms with Gasteiger partial charge in [-0.15, -0.1) is 0 Å². The summed E-state index contributed by atoms with van der Waals surface area (Å²) in [4.78, 5) is 20.6. The Bertz CT molecular complexity index is 1160. The summed E-state index contributed by atoms with van der Waals surface area (Å²) in [7, 11) is -3.37. The highest BCUT2D eigenvalue weighted by Crippen LogP contribution is 2.29. The van der Waals surface area contributed by atoms with E-state index in [0.29, 0.717) is 12.6 Å². The van der Waals surface area contributed by atoms with Crippen LogP contribution in [-0.2, 0) is 17.1 Å². The van der Waals surface area contributed by atoms with Gasteiger partial charge in [-0.25, -0.2) is 8.42 Å². The molecule has 3 aromatic heterocycles. The van der Waals surface area contributed by atoms with Gasteiger partial charge in [0.25, 0.3) is 15.9 Å². The molecule has 0 bridgehead atoms. The fourth-order valence-corrected chi connectivity index (χ4v) is 4.35. The highest BCUT2D eigenvalue weighted by molar-refractivity contribution is 7.89. The summed E-state index contributed by atoms with van der Waals surface area (Å²) in [6.07, 6.45) is -0.570. The van der Waals surface area contributed by atoms with Gasteiger partial charge in [0.1, 0.15) is 17.3 Å². The summed E-state index contributed by atoms with van der Waals surface area (Å²) in [5, 5.41) is 2.24. The van der Waals surface area contributed by atoms with E-state index in [0.717, 1.165) is 4.57 Å². The van der Waals surface area contributed by atoms with Gasteiger partial charge in [0, 0.05) is 36.7 Å². The molecule has 0 saturated heterocycles. The van der Waals surface area contributed by atoms with Gasteiger partial charge < -0.3 is 9.88 Å². The number of alkyl halides is 3. The maximum atomic E-state index is 12.9. The van der Waals surface area contributed by atoms with Crippen LogP contribution in [0.15, 0.2) is 47.9 Å². The molecule has 0 aliphatic heterocycles. The van der Waals surface area contributed by atoms with E-state index in [1.54, 1.807) is 4.72 Å². The lowest BCUT2D eigenvalue weighted by molar-refractivity contribution is -0.147. The Hall–Kier alpha value is -2.99. The van der Waals surface area contributed by atoms with Gasteiger partial charge in [-0.05, 0) is 31.2 Å². The van der Waals surface area contributed by atoms with Crippen molar-refractivity contribution < 1.29 is 26.4 Å². The van der Waals surface area contributed by atoms with Gasteiger partial charge in [0.15, 0.2) is 5.03 Å². The molecule has 0 radical (unpaired) electrons. The summed E-state index contributed by atoms with van der Waals surface area (Å²) in [5.41, 5.74) is 0.234. The normalized spacial score (nSPS) is 13.4. The van der Waals surface area contributed by atoms with Crippen molar-refractivity contribution in [2.45, 2.75) is 24.2 Å². The molecule has 3 aromatic rings. The van der Waals surface area contributed by atoms with E-state index in [9.17, 15) is 26.4 Å². The number of fused-ring (bicyclic) bond motifs is 1. The predicted molar refractivity (Wildman–Crippen MR) is 98.7 cm³/mol. The fourth-order valence-electron chi connectivity index (χ4n) is 2.77. The number of nitrogens with zero attached hydrogens (tertiary/aromatic N) is 3. The number of hydrogen-bond acceptors (Lipinski definition) is 5. The fraction of sp³-hybridized carbons (Fsp3) is 0.235. The molecule has 0 aromatic carbocycles. The Labute approximate surface area is 163 Å². The molecule has 2 N–H and O–H groups in total. The monoisotopic (exact) mass is 427 g/mol. The third kappa shape index (κ3) is 4.07. The summed E-state index contributed by atoms with van der Waals surface area (Å²) in [6.45, 7) is 0.688. The lowest BCUT2D eigenvalue weighted by Crippen LogP contribution is -2.43. The summed E-state index contributed by atoms with van der Waals surface area (Å²) < 4.78 is 66.6. The second kappa shape index (κ2) is 7.44. The number of pyridine rings is 2. The number of anilines is 1. The molecule has 3 heterocycles. The number of nitrogens with one attached hydrogen (secondary N) is 2. The van der Waals surface area contributed by atoms with Crippen molar-refractivity contribution in [2.75, 3.05) is 5.32 Å². The molecule has 3 rings (SSSR count). The van der Waals surface area contributed by atoms with E-state index < -0.39 is 33.2 Å². The molecule has 0 spiro atoms. The smallest absolute Gasteiger partial charge is 0.327 e. The highest BCUT2D eigenvalue weighted by atomic mass is 32.2. The van der Waals surface area contributed by atoms with Crippen LogP contribution < -0.4 is 10.0 Å². The largest absolute Gasteiger partial charge is 0.404 e. The molecule has 0 aliphatic rings. The van der Waals surface area contributed by atoms with Gasteiger partial charge in [-0.3, -0.25) is 14.8 Å². The first-order valence-corrected chi connectivity index (χ1v) is 9.74. The number of rotatable bonds is 5. The molecule has 8 nitrogen and oxygen atoms in total. The molecule has 154 valence electrons. The van der Waals surface area contributed by atoms with Crippen molar-refractivity contribution in [2.24, 2.45) is 7.05 Å². The van der Waals surface area contributed by atoms with E-state index in [1.165, 1.54) is 49.9 Å². The van der Waals surface area contributed by atoms with Crippen LogP contribution in [0.5, 0.6) is 0 Å². The van der Waals surface area contributed by atoms with E-state index in [-0.39, 0.29) is 16.6 Å². The number of amides is 1. The van der Waals surface area contributed by atoms with Crippen molar-refractivity contribution in [3.05, 3.63) is 48.5 Å². The molecular weight excluding hydrogens is 411 g/mol. The van der Waals surface area contributed by atoms with Crippen LogP contribution >= 0.6 is 0 Å². The number of carbonyl (C=O) groups is 1.